The normalized spacial score (nSPS) is 18.7. The van der Waals surface area contributed by atoms with Crippen molar-refractivity contribution in [1.82, 2.24) is 5.32 Å². The second-order valence-corrected chi connectivity index (χ2v) is 10.5. The van der Waals surface area contributed by atoms with Crippen LogP contribution in [0.25, 0.3) is 0 Å². The van der Waals surface area contributed by atoms with Crippen molar-refractivity contribution >= 4 is 29.6 Å². The van der Waals surface area contributed by atoms with Crippen LogP contribution in [-0.4, -0.2) is 45.0 Å². The zero-order chi connectivity index (χ0) is 28.5. The van der Waals surface area contributed by atoms with Crippen LogP contribution in [0.1, 0.15) is 64.3 Å². The van der Waals surface area contributed by atoms with E-state index in [-0.39, 0.29) is 49.7 Å². The molecule has 1 aliphatic rings. The summed E-state index contributed by atoms with van der Waals surface area (Å²) in [6.45, 7) is 0.245. The summed E-state index contributed by atoms with van der Waals surface area (Å²) in [6.07, 6.45) is -0.678. The number of carboxylic acids is 2. The highest BCUT2D eigenvalue weighted by Gasteiger charge is 2.32. The lowest BCUT2D eigenvalue weighted by molar-refractivity contribution is -0.245. The first-order valence-corrected chi connectivity index (χ1v) is 13.8. The number of nitrogens with one attached hydrogen (secondary N) is 1. The average Bonchev–Trinajstić information content (AvgIpc) is 2.98. The van der Waals surface area contributed by atoms with E-state index in [4.69, 9.17) is 19.7 Å². The van der Waals surface area contributed by atoms with Gasteiger partial charge in [-0.3, -0.25) is 9.59 Å². The lowest BCUT2D eigenvalue weighted by atomic mass is 10.0. The summed E-state index contributed by atoms with van der Waals surface area (Å²) in [5.74, 6) is -1.66. The van der Waals surface area contributed by atoms with E-state index in [1.807, 2.05) is 48.5 Å². The lowest BCUT2D eigenvalue weighted by Gasteiger charge is -2.36. The van der Waals surface area contributed by atoms with Crippen LogP contribution < -0.4 is 5.32 Å². The Kier molecular flexibility index (Phi) is 10.3. The van der Waals surface area contributed by atoms with Gasteiger partial charge in [0.1, 0.15) is 0 Å². The predicted octanol–water partition coefficient (Wildman–Crippen LogP) is 4.70. The summed E-state index contributed by atoms with van der Waals surface area (Å²) in [5, 5.41) is 30.0. The van der Waals surface area contributed by atoms with E-state index in [0.29, 0.717) is 12.2 Å². The molecule has 0 spiro atoms. The maximum absolute atomic E-state index is 11.8. The molecule has 10 heteroatoms. The maximum atomic E-state index is 11.8. The van der Waals surface area contributed by atoms with Crippen LogP contribution in [0.3, 0.4) is 0 Å². The first kappa shape index (κ1) is 29.3. The quantitative estimate of drug-likeness (QED) is 0.230. The average molecular weight is 566 g/mol. The molecule has 3 unspecified atom stereocenters. The molecule has 4 N–H and O–H groups in total. The molecular weight excluding hydrogens is 534 g/mol. The van der Waals surface area contributed by atoms with E-state index in [0.717, 1.165) is 27.1 Å². The molecule has 3 aromatic rings. The number of hydrogen-bond donors (Lipinski definition) is 4. The van der Waals surface area contributed by atoms with E-state index in [1.54, 1.807) is 36.0 Å². The number of aliphatic hydroxyl groups is 1. The number of carbonyl (C=O) groups is 3. The standard InChI is InChI=1S/C30H31NO8S/c32-17-20-3-5-21(6-4-20)26-15-24(18-40-25-11-9-22(10-12-25)29(36)37)38-30(39-26)23-7-1-19(2-8-23)16-31-27(33)13-14-28(34)35/h1-12,24,26,30,32H,13-18H2,(H,31,33)(H,34,35)(H,36,37). The largest absolute Gasteiger partial charge is 0.481 e. The molecule has 0 radical (unpaired) electrons. The molecule has 40 heavy (non-hydrogen) atoms. The number of aromatic carboxylic acids is 1. The number of carboxylic acid groups (broad SMARTS) is 2. The number of aliphatic hydroxyl groups excluding tert-OH is 1. The molecule has 3 aromatic carbocycles. The van der Waals surface area contributed by atoms with Gasteiger partial charge in [-0.2, -0.15) is 0 Å². The van der Waals surface area contributed by atoms with Gasteiger partial charge in [-0.05, 0) is 41.0 Å². The molecule has 0 saturated carbocycles. The molecule has 3 atom stereocenters. The first-order valence-electron chi connectivity index (χ1n) is 12.8. The minimum Gasteiger partial charge on any atom is -0.481 e. The minimum atomic E-state index is -1.01. The fourth-order valence-electron chi connectivity index (χ4n) is 4.21. The number of ether oxygens (including phenoxy) is 2. The molecule has 1 aliphatic heterocycles. The Hall–Kier alpha value is -3.70. The van der Waals surface area contributed by atoms with Gasteiger partial charge in [0.15, 0.2) is 6.29 Å². The maximum Gasteiger partial charge on any atom is 0.335 e. The molecule has 0 aliphatic carbocycles. The number of carbonyl (C=O) groups excluding carboxylic acids is 1. The number of thioether (sulfide) groups is 1. The number of rotatable bonds is 12. The highest BCUT2D eigenvalue weighted by molar-refractivity contribution is 7.99. The van der Waals surface area contributed by atoms with Gasteiger partial charge in [0.25, 0.3) is 0 Å². The Morgan fingerprint density at radius 3 is 2.10 bits per heavy atom. The fraction of sp³-hybridized carbons (Fsp3) is 0.300. The van der Waals surface area contributed by atoms with Gasteiger partial charge in [0.05, 0.1) is 30.8 Å². The molecule has 1 amide bonds. The van der Waals surface area contributed by atoms with Crippen LogP contribution in [0.15, 0.2) is 77.7 Å². The molecule has 9 nitrogen and oxygen atoms in total. The third-order valence-corrected chi connectivity index (χ3v) is 7.60. The lowest BCUT2D eigenvalue weighted by Crippen LogP contribution is -2.31. The van der Waals surface area contributed by atoms with Crippen molar-refractivity contribution in [3.63, 3.8) is 0 Å². The van der Waals surface area contributed by atoms with Gasteiger partial charge in [0.2, 0.25) is 5.91 Å². The van der Waals surface area contributed by atoms with Crippen LogP contribution in [0.5, 0.6) is 0 Å². The van der Waals surface area contributed by atoms with Gasteiger partial charge in [-0.25, -0.2) is 4.79 Å². The highest BCUT2D eigenvalue weighted by Crippen LogP contribution is 2.39. The van der Waals surface area contributed by atoms with E-state index >= 15 is 0 Å². The summed E-state index contributed by atoms with van der Waals surface area (Å²) in [4.78, 5) is 34.6. The number of benzene rings is 3. The van der Waals surface area contributed by atoms with Gasteiger partial charge in [0, 0.05) is 35.6 Å². The van der Waals surface area contributed by atoms with Gasteiger partial charge in [-0.15, -0.1) is 11.8 Å². The Morgan fingerprint density at radius 2 is 1.48 bits per heavy atom. The molecule has 1 saturated heterocycles. The van der Waals surface area contributed by atoms with Crippen molar-refractivity contribution in [3.8, 4) is 0 Å². The Morgan fingerprint density at radius 1 is 0.825 bits per heavy atom. The summed E-state index contributed by atoms with van der Waals surface area (Å²) >= 11 is 1.58. The zero-order valence-electron chi connectivity index (χ0n) is 21.7. The van der Waals surface area contributed by atoms with Crippen molar-refractivity contribution in [2.45, 2.75) is 55.8 Å². The minimum absolute atomic E-state index is 0.0379. The summed E-state index contributed by atoms with van der Waals surface area (Å²) in [6, 6.07) is 21.9. The van der Waals surface area contributed by atoms with Crippen molar-refractivity contribution < 1.29 is 39.2 Å². The summed E-state index contributed by atoms with van der Waals surface area (Å²) < 4.78 is 12.7. The summed E-state index contributed by atoms with van der Waals surface area (Å²) in [5.41, 5.74) is 3.71. The predicted molar refractivity (Wildman–Crippen MR) is 148 cm³/mol. The van der Waals surface area contributed by atoms with E-state index in [9.17, 15) is 19.5 Å². The Bertz CT molecular complexity index is 1290. The van der Waals surface area contributed by atoms with E-state index < -0.39 is 18.2 Å². The molecule has 0 bridgehead atoms. The van der Waals surface area contributed by atoms with Crippen LogP contribution in [0, 0.1) is 0 Å². The van der Waals surface area contributed by atoms with Crippen LogP contribution >= 0.6 is 11.8 Å². The van der Waals surface area contributed by atoms with Crippen molar-refractivity contribution in [3.05, 3.63) is 101 Å². The molecule has 4 rings (SSSR count). The summed E-state index contributed by atoms with van der Waals surface area (Å²) in [7, 11) is 0. The molecule has 210 valence electrons. The van der Waals surface area contributed by atoms with Gasteiger partial charge in [-0.1, -0.05) is 48.5 Å². The second kappa shape index (κ2) is 14.1. The third-order valence-electron chi connectivity index (χ3n) is 6.46. The molecule has 1 fully saturated rings. The zero-order valence-corrected chi connectivity index (χ0v) is 22.5. The van der Waals surface area contributed by atoms with Crippen LogP contribution in [0.2, 0.25) is 0 Å². The van der Waals surface area contributed by atoms with E-state index in [1.165, 1.54) is 0 Å². The highest BCUT2D eigenvalue weighted by atomic mass is 32.2. The fourth-order valence-corrected chi connectivity index (χ4v) is 5.13. The number of hydrogen-bond acceptors (Lipinski definition) is 7. The third kappa shape index (κ3) is 8.40. The first-order chi connectivity index (χ1) is 19.3. The number of aliphatic carboxylic acids is 1. The smallest absolute Gasteiger partial charge is 0.335 e. The van der Waals surface area contributed by atoms with Crippen molar-refractivity contribution in [1.29, 1.82) is 0 Å². The monoisotopic (exact) mass is 565 g/mol. The topological polar surface area (TPSA) is 142 Å². The van der Waals surface area contributed by atoms with Crippen LogP contribution in [0.4, 0.5) is 0 Å². The van der Waals surface area contributed by atoms with Crippen LogP contribution in [-0.2, 0) is 32.2 Å². The molecule has 1 heterocycles. The SMILES string of the molecule is O=C(O)CCC(=O)NCc1ccc(C2OC(CSc3ccc(C(=O)O)cc3)CC(c3ccc(CO)cc3)O2)cc1. The number of amides is 1. The van der Waals surface area contributed by atoms with Crippen molar-refractivity contribution in [2.24, 2.45) is 0 Å². The molecule has 0 aromatic heterocycles. The van der Waals surface area contributed by atoms with E-state index in [2.05, 4.69) is 5.32 Å². The van der Waals surface area contributed by atoms with Crippen molar-refractivity contribution in [2.75, 3.05) is 5.75 Å². The van der Waals surface area contributed by atoms with Gasteiger partial charge >= 0.3 is 11.9 Å². The second-order valence-electron chi connectivity index (χ2n) is 9.40. The molecular formula is C30H31NO8S. The Balaban J connectivity index is 1.43. The van der Waals surface area contributed by atoms with Gasteiger partial charge < -0.3 is 30.1 Å². The Labute approximate surface area is 236 Å².